The van der Waals surface area contributed by atoms with Gasteiger partial charge < -0.3 is 16.4 Å². The molecule has 7 heteroatoms. The van der Waals surface area contributed by atoms with Crippen LogP contribution >= 0.6 is 11.8 Å². The van der Waals surface area contributed by atoms with Crippen LogP contribution in [-0.2, 0) is 10.5 Å². The van der Waals surface area contributed by atoms with E-state index < -0.39 is 5.66 Å². The maximum absolute atomic E-state index is 12.2. The second-order valence-corrected chi connectivity index (χ2v) is 4.71. The van der Waals surface area contributed by atoms with Crippen LogP contribution in [0.5, 0.6) is 0 Å². The van der Waals surface area contributed by atoms with E-state index in [4.69, 9.17) is 5.73 Å². The molecule has 1 spiro atoms. The number of hydrogen-bond acceptors (Lipinski definition) is 6. The Kier molecular flexibility index (Phi) is 2.30. The number of guanidine groups is 1. The number of nitrogens with one attached hydrogen (secondary N) is 2. The summed E-state index contributed by atoms with van der Waals surface area (Å²) in [7, 11) is 0. The maximum Gasteiger partial charge on any atom is 0.280 e. The van der Waals surface area contributed by atoms with Crippen molar-refractivity contribution in [1.29, 1.82) is 0 Å². The highest BCUT2D eigenvalue weighted by atomic mass is 32.2. The third-order valence-corrected chi connectivity index (χ3v) is 3.42. The molecule has 0 saturated carbocycles. The molecule has 1 amide bonds. The molecule has 6 nitrogen and oxygen atoms in total. The minimum absolute atomic E-state index is 0.196. The molecule has 3 rings (SSSR count). The smallest absolute Gasteiger partial charge is 0.280 e. The van der Waals surface area contributed by atoms with Crippen molar-refractivity contribution in [2.24, 2.45) is 15.7 Å². The van der Waals surface area contributed by atoms with Crippen LogP contribution in [-0.4, -0.2) is 23.3 Å². The van der Waals surface area contributed by atoms with Crippen LogP contribution in [0.2, 0.25) is 0 Å². The van der Waals surface area contributed by atoms with Crippen LogP contribution in [0.4, 0.5) is 5.69 Å². The Balaban J connectivity index is 2.23. The normalized spacial score (nSPS) is 25.1. The highest BCUT2D eigenvalue weighted by molar-refractivity contribution is 8.13. The van der Waals surface area contributed by atoms with Crippen molar-refractivity contribution in [3.05, 3.63) is 29.8 Å². The van der Waals surface area contributed by atoms with Gasteiger partial charge in [-0.1, -0.05) is 30.0 Å². The summed E-state index contributed by atoms with van der Waals surface area (Å²) in [5.74, 6) is -0.0825. The van der Waals surface area contributed by atoms with Crippen LogP contribution in [0.1, 0.15) is 5.56 Å². The molecule has 0 fully saturated rings. The van der Waals surface area contributed by atoms with Gasteiger partial charge in [0, 0.05) is 11.3 Å². The van der Waals surface area contributed by atoms with Crippen molar-refractivity contribution in [3.63, 3.8) is 0 Å². The van der Waals surface area contributed by atoms with Crippen molar-refractivity contribution in [2.75, 3.05) is 11.6 Å². The molecule has 0 saturated heterocycles. The molecular formula is C11H11N5OS. The van der Waals surface area contributed by atoms with Crippen LogP contribution in [0, 0.1) is 0 Å². The summed E-state index contributed by atoms with van der Waals surface area (Å²) in [5, 5.41) is 6.18. The highest BCUT2D eigenvalue weighted by Crippen LogP contribution is 2.41. The zero-order valence-electron chi connectivity index (χ0n) is 9.60. The molecule has 0 unspecified atom stereocenters. The van der Waals surface area contributed by atoms with E-state index in [9.17, 15) is 4.79 Å². The first-order chi connectivity index (χ1) is 8.65. The summed E-state index contributed by atoms with van der Waals surface area (Å²) in [5.41, 5.74) is 5.92. The first kappa shape index (κ1) is 11.1. The molecule has 1 aromatic carbocycles. The lowest BCUT2D eigenvalue weighted by Gasteiger charge is -2.24. The van der Waals surface area contributed by atoms with E-state index in [2.05, 4.69) is 20.6 Å². The lowest BCUT2D eigenvalue weighted by molar-refractivity contribution is -0.120. The molecular weight excluding hydrogens is 250 g/mol. The fourth-order valence-corrected chi connectivity index (χ4v) is 2.49. The van der Waals surface area contributed by atoms with Crippen molar-refractivity contribution in [3.8, 4) is 0 Å². The number of carbonyl (C=O) groups excluding carboxylic acids is 1. The zero-order chi connectivity index (χ0) is 12.8. The number of hydrogen-bond donors (Lipinski definition) is 3. The number of rotatable bonds is 0. The van der Waals surface area contributed by atoms with Crippen molar-refractivity contribution in [2.45, 2.75) is 5.66 Å². The van der Waals surface area contributed by atoms with E-state index in [0.29, 0.717) is 5.17 Å². The van der Waals surface area contributed by atoms with Gasteiger partial charge in [-0.25, -0.2) is 9.98 Å². The lowest BCUT2D eigenvalue weighted by Crippen LogP contribution is -2.46. The average Bonchev–Trinajstić information content (AvgIpc) is 2.62. The largest absolute Gasteiger partial charge is 0.370 e. The van der Waals surface area contributed by atoms with Gasteiger partial charge in [0.05, 0.1) is 0 Å². The third-order valence-electron chi connectivity index (χ3n) is 2.84. The molecule has 0 aliphatic carbocycles. The standard InChI is InChI=1S/C11H11N5OS/c1-18-10-14-9(12)15-11(16-10)6-4-2-3-5-7(6)13-8(11)17/h2-5H,1H3,(H,13,17)(H3,12,14,15,16)/t11-/m1/s1. The molecule has 1 aromatic rings. The number of thioether (sulfide) groups is 1. The molecule has 0 aromatic heterocycles. The summed E-state index contributed by atoms with van der Waals surface area (Å²) < 4.78 is 0. The monoisotopic (exact) mass is 261 g/mol. The van der Waals surface area contributed by atoms with Gasteiger partial charge in [0.2, 0.25) is 0 Å². The van der Waals surface area contributed by atoms with Crippen LogP contribution < -0.4 is 16.4 Å². The second-order valence-electron chi connectivity index (χ2n) is 3.92. The Labute approximate surface area is 108 Å². The SMILES string of the molecule is CSC1=N[C@@]2(N=C(N)N1)C(=O)Nc1ccccc12. The predicted molar refractivity (Wildman–Crippen MR) is 72.5 cm³/mol. The van der Waals surface area contributed by atoms with Crippen molar-refractivity contribution in [1.82, 2.24) is 5.32 Å². The van der Waals surface area contributed by atoms with Crippen molar-refractivity contribution < 1.29 is 4.79 Å². The van der Waals surface area contributed by atoms with Gasteiger partial charge in [-0.05, 0) is 12.3 Å². The summed E-state index contributed by atoms with van der Waals surface area (Å²) in [6, 6.07) is 7.36. The van der Waals surface area contributed by atoms with Gasteiger partial charge in [0.1, 0.15) is 0 Å². The quantitative estimate of drug-likeness (QED) is 0.631. The van der Waals surface area contributed by atoms with E-state index in [0.717, 1.165) is 11.3 Å². The van der Waals surface area contributed by atoms with Gasteiger partial charge in [-0.2, -0.15) is 0 Å². The minimum atomic E-state index is -1.27. The van der Waals surface area contributed by atoms with E-state index in [1.807, 2.05) is 30.5 Å². The van der Waals surface area contributed by atoms with Crippen LogP contribution in [0.15, 0.2) is 34.3 Å². The molecule has 2 aliphatic rings. The van der Waals surface area contributed by atoms with E-state index in [1.54, 1.807) is 0 Å². The van der Waals surface area contributed by atoms with Gasteiger partial charge in [-0.15, -0.1) is 0 Å². The van der Waals surface area contributed by atoms with E-state index in [1.165, 1.54) is 11.8 Å². The summed E-state index contributed by atoms with van der Waals surface area (Å²) in [4.78, 5) is 20.8. The van der Waals surface area contributed by atoms with Gasteiger partial charge in [0.15, 0.2) is 11.1 Å². The van der Waals surface area contributed by atoms with Crippen LogP contribution in [0.25, 0.3) is 0 Å². The first-order valence-electron chi connectivity index (χ1n) is 5.33. The van der Waals surface area contributed by atoms with Gasteiger partial charge >= 0.3 is 0 Å². The van der Waals surface area contributed by atoms with Gasteiger partial charge in [-0.3, -0.25) is 4.79 Å². The number of fused-ring (bicyclic) bond motifs is 2. The Bertz CT molecular complexity index is 597. The summed E-state index contributed by atoms with van der Waals surface area (Å²) in [6.45, 7) is 0. The second kappa shape index (κ2) is 3.74. The lowest BCUT2D eigenvalue weighted by atomic mass is 10.0. The number of nitrogens with zero attached hydrogens (tertiary/aromatic N) is 2. The summed E-state index contributed by atoms with van der Waals surface area (Å²) in [6.07, 6.45) is 1.86. The topological polar surface area (TPSA) is 91.9 Å². The molecule has 0 bridgehead atoms. The Morgan fingerprint density at radius 1 is 1.28 bits per heavy atom. The van der Waals surface area contributed by atoms with Crippen molar-refractivity contribution >= 4 is 34.5 Å². The Morgan fingerprint density at radius 3 is 2.83 bits per heavy atom. The zero-order valence-corrected chi connectivity index (χ0v) is 10.4. The predicted octanol–water partition coefficient (Wildman–Crippen LogP) is 0.428. The Hall–Kier alpha value is -2.02. The minimum Gasteiger partial charge on any atom is -0.370 e. The molecule has 1 atom stereocenters. The van der Waals surface area contributed by atoms with E-state index in [-0.39, 0.29) is 11.9 Å². The number of amidine groups is 1. The number of aliphatic imine (C=N–C) groups is 2. The fraction of sp³-hybridized carbons (Fsp3) is 0.182. The number of nitrogens with two attached hydrogens (primary N) is 1. The third kappa shape index (κ3) is 1.40. The molecule has 4 N–H and O–H groups in total. The molecule has 0 radical (unpaired) electrons. The number of para-hydroxylation sites is 1. The van der Waals surface area contributed by atoms with Gasteiger partial charge in [0.25, 0.3) is 11.6 Å². The number of benzene rings is 1. The number of amides is 1. The fourth-order valence-electron chi connectivity index (χ4n) is 2.06. The van der Waals surface area contributed by atoms with Crippen LogP contribution in [0.3, 0.4) is 0 Å². The average molecular weight is 261 g/mol. The molecule has 92 valence electrons. The Morgan fingerprint density at radius 2 is 2.06 bits per heavy atom. The molecule has 2 heterocycles. The molecule has 18 heavy (non-hydrogen) atoms. The molecule has 2 aliphatic heterocycles. The first-order valence-corrected chi connectivity index (χ1v) is 6.55. The number of carbonyl (C=O) groups is 1. The number of anilines is 1. The maximum atomic E-state index is 12.2. The highest BCUT2D eigenvalue weighted by Gasteiger charge is 2.49. The van der Waals surface area contributed by atoms with E-state index >= 15 is 0 Å². The summed E-state index contributed by atoms with van der Waals surface area (Å²) >= 11 is 1.39.